The van der Waals surface area contributed by atoms with Crippen molar-refractivity contribution in [3.05, 3.63) is 18.2 Å². The summed E-state index contributed by atoms with van der Waals surface area (Å²) in [6.45, 7) is 12.0. The summed E-state index contributed by atoms with van der Waals surface area (Å²) >= 11 is 0. The Morgan fingerprint density at radius 1 is 1.35 bits per heavy atom. The van der Waals surface area contributed by atoms with E-state index in [0.717, 1.165) is 49.2 Å². The Kier molecular flexibility index (Phi) is 4.46. The number of hydrogen-bond donors (Lipinski definition) is 1. The molecule has 0 aromatic heterocycles. The Balaban J connectivity index is 2.14. The summed E-state index contributed by atoms with van der Waals surface area (Å²) in [4.78, 5) is 2.41. The third-order valence-corrected chi connectivity index (χ3v) is 4.26. The molecular formula is C17H28N2O. The second kappa shape index (κ2) is 5.94. The van der Waals surface area contributed by atoms with E-state index < -0.39 is 0 Å². The molecule has 0 spiro atoms. The molecule has 112 valence electrons. The van der Waals surface area contributed by atoms with Crippen molar-refractivity contribution in [2.75, 3.05) is 30.3 Å². The van der Waals surface area contributed by atoms with Crippen LogP contribution in [0.5, 0.6) is 5.75 Å². The van der Waals surface area contributed by atoms with E-state index in [1.54, 1.807) is 0 Å². The monoisotopic (exact) mass is 276 g/mol. The zero-order chi connectivity index (χ0) is 14.8. The average Bonchev–Trinajstić information content (AvgIpc) is 2.87. The molecule has 1 fully saturated rings. The molecule has 1 heterocycles. The fraction of sp³-hybridized carbons (Fsp3) is 0.647. The number of anilines is 2. The maximum absolute atomic E-state index is 6.29. The summed E-state index contributed by atoms with van der Waals surface area (Å²) in [6.07, 6.45) is 2.24. The molecule has 1 aliphatic rings. The summed E-state index contributed by atoms with van der Waals surface area (Å²) in [5.74, 6) is 1.55. The zero-order valence-electron chi connectivity index (χ0n) is 13.3. The molecule has 0 saturated carbocycles. The van der Waals surface area contributed by atoms with Crippen LogP contribution < -0.4 is 15.4 Å². The number of nitrogen functional groups attached to an aromatic ring is 1. The van der Waals surface area contributed by atoms with E-state index >= 15 is 0 Å². The van der Waals surface area contributed by atoms with Gasteiger partial charge in [0.1, 0.15) is 5.75 Å². The molecule has 2 rings (SSSR count). The third kappa shape index (κ3) is 3.20. The fourth-order valence-electron chi connectivity index (χ4n) is 2.83. The second-order valence-electron chi connectivity index (χ2n) is 6.84. The number of nitrogens with zero attached hydrogens (tertiary/aromatic N) is 1. The van der Waals surface area contributed by atoms with Crippen molar-refractivity contribution in [3.8, 4) is 5.75 Å². The molecule has 1 unspecified atom stereocenters. The van der Waals surface area contributed by atoms with Gasteiger partial charge in [-0.15, -0.1) is 0 Å². The predicted octanol–water partition coefficient (Wildman–Crippen LogP) is 3.93. The summed E-state index contributed by atoms with van der Waals surface area (Å²) in [6, 6.07) is 6.12. The lowest BCUT2D eigenvalue weighted by Gasteiger charge is -2.28. The Bertz CT molecular complexity index is 451. The van der Waals surface area contributed by atoms with Gasteiger partial charge in [-0.2, -0.15) is 0 Å². The molecule has 3 nitrogen and oxygen atoms in total. The zero-order valence-corrected chi connectivity index (χ0v) is 13.3. The Morgan fingerprint density at radius 2 is 2.10 bits per heavy atom. The normalized spacial score (nSPS) is 19.4. The predicted molar refractivity (Wildman–Crippen MR) is 86.4 cm³/mol. The van der Waals surface area contributed by atoms with E-state index in [1.807, 2.05) is 12.1 Å². The van der Waals surface area contributed by atoms with Crippen LogP contribution in [0.25, 0.3) is 0 Å². The van der Waals surface area contributed by atoms with E-state index in [1.165, 1.54) is 6.42 Å². The molecule has 0 radical (unpaired) electrons. The first-order chi connectivity index (χ1) is 9.43. The largest absolute Gasteiger partial charge is 0.491 e. The van der Waals surface area contributed by atoms with Gasteiger partial charge >= 0.3 is 0 Å². The van der Waals surface area contributed by atoms with Crippen LogP contribution in [0.2, 0.25) is 0 Å². The van der Waals surface area contributed by atoms with Gasteiger partial charge in [-0.05, 0) is 36.3 Å². The van der Waals surface area contributed by atoms with Gasteiger partial charge < -0.3 is 15.4 Å². The molecule has 1 aromatic carbocycles. The van der Waals surface area contributed by atoms with Crippen molar-refractivity contribution < 1.29 is 4.74 Å². The highest BCUT2D eigenvalue weighted by molar-refractivity contribution is 5.74. The molecular weight excluding hydrogens is 248 g/mol. The molecule has 2 N–H and O–H groups in total. The van der Waals surface area contributed by atoms with Crippen molar-refractivity contribution in [1.29, 1.82) is 0 Å². The Labute approximate surface area is 123 Å². The lowest BCUT2D eigenvalue weighted by molar-refractivity contribution is 0.263. The number of ether oxygens (including phenoxy) is 1. The standard InChI is InChI=1S/C17H28N2O/c1-5-11-20-15-8-6-7-14(16(15)18)19-10-9-13(12-19)17(2,3)4/h6-8,13H,5,9-12,18H2,1-4H3. The SMILES string of the molecule is CCCOc1cccc(N2CCC(C(C)(C)C)C2)c1N. The van der Waals surface area contributed by atoms with Gasteiger partial charge in [0, 0.05) is 13.1 Å². The fourth-order valence-corrected chi connectivity index (χ4v) is 2.83. The molecule has 20 heavy (non-hydrogen) atoms. The minimum absolute atomic E-state index is 0.361. The molecule has 1 aromatic rings. The Morgan fingerprint density at radius 3 is 2.70 bits per heavy atom. The van der Waals surface area contributed by atoms with Gasteiger partial charge in [-0.1, -0.05) is 33.8 Å². The summed E-state index contributed by atoms with van der Waals surface area (Å²) < 4.78 is 5.73. The van der Waals surface area contributed by atoms with Gasteiger partial charge in [-0.25, -0.2) is 0 Å². The van der Waals surface area contributed by atoms with Crippen LogP contribution in [0.1, 0.15) is 40.5 Å². The first-order valence-corrected chi connectivity index (χ1v) is 7.69. The number of nitrogens with two attached hydrogens (primary N) is 1. The topological polar surface area (TPSA) is 38.5 Å². The van der Waals surface area contributed by atoms with E-state index in [0.29, 0.717) is 5.41 Å². The maximum Gasteiger partial charge on any atom is 0.144 e. The second-order valence-corrected chi connectivity index (χ2v) is 6.84. The number of para-hydroxylation sites is 1. The van der Waals surface area contributed by atoms with Gasteiger partial charge in [0.2, 0.25) is 0 Å². The minimum atomic E-state index is 0.361. The molecule has 0 bridgehead atoms. The van der Waals surface area contributed by atoms with Crippen molar-refractivity contribution in [1.82, 2.24) is 0 Å². The van der Waals surface area contributed by atoms with Crippen LogP contribution in [-0.4, -0.2) is 19.7 Å². The van der Waals surface area contributed by atoms with Crippen LogP contribution in [0.15, 0.2) is 18.2 Å². The smallest absolute Gasteiger partial charge is 0.144 e. The highest BCUT2D eigenvalue weighted by Gasteiger charge is 2.32. The molecule has 0 aliphatic carbocycles. The first-order valence-electron chi connectivity index (χ1n) is 7.69. The molecule has 3 heteroatoms. The molecule has 1 saturated heterocycles. The van der Waals surface area contributed by atoms with Crippen LogP contribution in [0.3, 0.4) is 0 Å². The van der Waals surface area contributed by atoms with E-state index in [-0.39, 0.29) is 0 Å². The van der Waals surface area contributed by atoms with Crippen molar-refractivity contribution in [2.45, 2.75) is 40.5 Å². The van der Waals surface area contributed by atoms with E-state index in [2.05, 4.69) is 38.7 Å². The molecule has 1 aliphatic heterocycles. The molecule has 0 amide bonds. The van der Waals surface area contributed by atoms with Gasteiger partial charge in [0.05, 0.1) is 18.0 Å². The van der Waals surface area contributed by atoms with Gasteiger partial charge in [-0.3, -0.25) is 0 Å². The highest BCUT2D eigenvalue weighted by atomic mass is 16.5. The van der Waals surface area contributed by atoms with Crippen LogP contribution >= 0.6 is 0 Å². The van der Waals surface area contributed by atoms with E-state index in [4.69, 9.17) is 10.5 Å². The third-order valence-electron chi connectivity index (χ3n) is 4.26. The summed E-state index contributed by atoms with van der Waals surface area (Å²) in [5.41, 5.74) is 8.57. The van der Waals surface area contributed by atoms with Crippen molar-refractivity contribution in [2.24, 2.45) is 11.3 Å². The quantitative estimate of drug-likeness (QED) is 0.847. The van der Waals surface area contributed by atoms with Crippen LogP contribution in [0.4, 0.5) is 11.4 Å². The number of benzene rings is 1. The van der Waals surface area contributed by atoms with Crippen LogP contribution in [0, 0.1) is 11.3 Å². The molecule has 1 atom stereocenters. The van der Waals surface area contributed by atoms with Crippen molar-refractivity contribution >= 4 is 11.4 Å². The van der Waals surface area contributed by atoms with Crippen molar-refractivity contribution in [3.63, 3.8) is 0 Å². The van der Waals surface area contributed by atoms with Gasteiger partial charge in [0.15, 0.2) is 0 Å². The minimum Gasteiger partial charge on any atom is -0.491 e. The highest BCUT2D eigenvalue weighted by Crippen LogP contribution is 2.39. The lowest BCUT2D eigenvalue weighted by atomic mass is 9.80. The number of rotatable bonds is 4. The summed E-state index contributed by atoms with van der Waals surface area (Å²) in [5, 5.41) is 0. The van der Waals surface area contributed by atoms with E-state index in [9.17, 15) is 0 Å². The lowest BCUT2D eigenvalue weighted by Crippen LogP contribution is -2.26. The Hall–Kier alpha value is -1.38. The van der Waals surface area contributed by atoms with Crippen LogP contribution in [-0.2, 0) is 0 Å². The number of hydrogen-bond acceptors (Lipinski definition) is 3. The summed E-state index contributed by atoms with van der Waals surface area (Å²) in [7, 11) is 0. The first kappa shape index (κ1) is 15.0. The van der Waals surface area contributed by atoms with Gasteiger partial charge in [0.25, 0.3) is 0 Å². The maximum atomic E-state index is 6.29. The average molecular weight is 276 g/mol.